The second-order valence-corrected chi connectivity index (χ2v) is 4.22. The van der Waals surface area contributed by atoms with E-state index < -0.39 is 0 Å². The van der Waals surface area contributed by atoms with Crippen molar-refractivity contribution in [2.75, 3.05) is 4.90 Å². The Hall–Kier alpha value is -1.65. The van der Waals surface area contributed by atoms with Crippen molar-refractivity contribution in [1.82, 2.24) is 4.98 Å². The first-order valence-corrected chi connectivity index (χ1v) is 5.32. The minimum Gasteiger partial charge on any atom is -0.361 e. The second-order valence-electron chi connectivity index (χ2n) is 4.22. The summed E-state index contributed by atoms with van der Waals surface area (Å²) < 4.78 is 0. The molecule has 1 aromatic heterocycles. The topological polar surface area (TPSA) is 59.3 Å². The molecule has 0 atom stereocenters. The molecule has 0 bridgehead atoms. The lowest BCUT2D eigenvalue weighted by Crippen LogP contribution is -2.37. The average Bonchev–Trinajstić information content (AvgIpc) is 2.17. The molecule has 88 valence electrons. The van der Waals surface area contributed by atoms with Gasteiger partial charge in [0.1, 0.15) is 11.9 Å². The predicted molar refractivity (Wildman–Crippen MR) is 63.6 cm³/mol. The maximum absolute atomic E-state index is 10.9. The minimum absolute atomic E-state index is 0.0601. The molecule has 1 heterocycles. The van der Waals surface area contributed by atoms with E-state index in [1.165, 1.54) is 6.20 Å². The number of pyridine rings is 1. The zero-order valence-electron chi connectivity index (χ0n) is 10.0. The molecular weight excluding hydrogens is 206 g/mol. The normalized spacial score (nSPS) is 10.9. The van der Waals surface area contributed by atoms with Crippen LogP contribution >= 0.6 is 0 Å². The predicted octanol–water partition coefficient (Wildman–Crippen LogP) is 2.61. The van der Waals surface area contributed by atoms with Crippen LogP contribution in [0, 0.1) is 10.1 Å². The highest BCUT2D eigenvalue weighted by Gasteiger charge is 2.23. The number of hydrogen-bond acceptors (Lipinski definition) is 4. The van der Waals surface area contributed by atoms with Gasteiger partial charge in [-0.15, -0.1) is 0 Å². The van der Waals surface area contributed by atoms with Gasteiger partial charge < -0.3 is 4.90 Å². The summed E-state index contributed by atoms with van der Waals surface area (Å²) in [6.45, 7) is 8.07. The highest BCUT2D eigenvalue weighted by atomic mass is 16.6. The Labute approximate surface area is 95.3 Å². The molecule has 0 amide bonds. The molecule has 0 aliphatic heterocycles. The van der Waals surface area contributed by atoms with Crippen molar-refractivity contribution in [2.45, 2.75) is 39.8 Å². The van der Waals surface area contributed by atoms with Gasteiger partial charge in [-0.05, 0) is 33.8 Å². The summed E-state index contributed by atoms with van der Waals surface area (Å²) in [5, 5.41) is 10.9. The molecule has 0 aliphatic rings. The molecule has 16 heavy (non-hydrogen) atoms. The van der Waals surface area contributed by atoms with Crippen molar-refractivity contribution in [3.05, 3.63) is 28.6 Å². The fourth-order valence-electron chi connectivity index (χ4n) is 1.89. The van der Waals surface area contributed by atoms with Crippen LogP contribution in [0.2, 0.25) is 0 Å². The van der Waals surface area contributed by atoms with Crippen LogP contribution in [0.15, 0.2) is 18.5 Å². The molecule has 0 spiro atoms. The summed E-state index contributed by atoms with van der Waals surface area (Å²) in [5.41, 5.74) is 0.690. The van der Waals surface area contributed by atoms with E-state index in [1.807, 2.05) is 32.6 Å². The van der Waals surface area contributed by atoms with Crippen molar-refractivity contribution in [1.29, 1.82) is 0 Å². The summed E-state index contributed by atoms with van der Waals surface area (Å²) in [6.07, 6.45) is 2.88. The van der Waals surface area contributed by atoms with Gasteiger partial charge >= 0.3 is 5.69 Å². The lowest BCUT2D eigenvalue weighted by Gasteiger charge is -2.32. The maximum atomic E-state index is 10.9. The zero-order valence-corrected chi connectivity index (χ0v) is 10.0. The second kappa shape index (κ2) is 4.92. The lowest BCUT2D eigenvalue weighted by molar-refractivity contribution is -0.384. The Bertz CT molecular complexity index is 369. The smallest absolute Gasteiger partial charge is 0.310 e. The molecule has 0 aromatic carbocycles. The molecule has 0 aliphatic carbocycles. The van der Waals surface area contributed by atoms with Crippen LogP contribution in [0.1, 0.15) is 27.7 Å². The van der Waals surface area contributed by atoms with E-state index in [9.17, 15) is 10.1 Å². The Balaban J connectivity index is 3.23. The van der Waals surface area contributed by atoms with E-state index in [-0.39, 0.29) is 22.7 Å². The molecule has 5 heteroatoms. The standard InChI is InChI=1S/C11H17N3O2/c1-8(2)13(9(3)4)10-5-6-12-7-11(10)14(15)16/h5-9H,1-4H3. The molecule has 0 unspecified atom stereocenters. The zero-order chi connectivity index (χ0) is 12.3. The molecule has 5 nitrogen and oxygen atoms in total. The number of nitrogens with zero attached hydrogens (tertiary/aromatic N) is 3. The van der Waals surface area contributed by atoms with E-state index in [1.54, 1.807) is 12.3 Å². The Morgan fingerprint density at radius 1 is 1.31 bits per heavy atom. The third kappa shape index (κ3) is 2.48. The van der Waals surface area contributed by atoms with Crippen molar-refractivity contribution in [2.24, 2.45) is 0 Å². The van der Waals surface area contributed by atoms with Crippen LogP contribution in [-0.2, 0) is 0 Å². The van der Waals surface area contributed by atoms with Crippen molar-refractivity contribution < 1.29 is 4.92 Å². The summed E-state index contributed by atoms with van der Waals surface area (Å²) >= 11 is 0. The van der Waals surface area contributed by atoms with Gasteiger partial charge in [-0.25, -0.2) is 0 Å². The third-order valence-electron chi connectivity index (χ3n) is 2.37. The minimum atomic E-state index is -0.389. The summed E-state index contributed by atoms with van der Waals surface area (Å²) in [6, 6.07) is 2.11. The van der Waals surface area contributed by atoms with Crippen molar-refractivity contribution in [3.8, 4) is 0 Å². The molecular formula is C11H17N3O2. The number of rotatable bonds is 4. The molecule has 1 rings (SSSR count). The fraction of sp³-hybridized carbons (Fsp3) is 0.545. The van der Waals surface area contributed by atoms with E-state index in [0.29, 0.717) is 5.69 Å². The van der Waals surface area contributed by atoms with Crippen LogP contribution in [0.4, 0.5) is 11.4 Å². The van der Waals surface area contributed by atoms with Gasteiger partial charge in [-0.1, -0.05) is 0 Å². The number of nitro groups is 1. The lowest BCUT2D eigenvalue weighted by atomic mass is 10.2. The largest absolute Gasteiger partial charge is 0.361 e. The molecule has 0 saturated carbocycles. The van der Waals surface area contributed by atoms with E-state index in [0.717, 1.165) is 0 Å². The van der Waals surface area contributed by atoms with Crippen molar-refractivity contribution >= 4 is 11.4 Å². The number of anilines is 1. The molecule has 0 radical (unpaired) electrons. The molecule has 1 aromatic rings. The summed E-state index contributed by atoms with van der Waals surface area (Å²) in [4.78, 5) is 16.3. The number of aromatic nitrogens is 1. The van der Waals surface area contributed by atoms with E-state index in [4.69, 9.17) is 0 Å². The van der Waals surface area contributed by atoms with Gasteiger partial charge in [0.2, 0.25) is 0 Å². The first-order valence-electron chi connectivity index (χ1n) is 5.32. The van der Waals surface area contributed by atoms with Gasteiger partial charge in [-0.2, -0.15) is 0 Å². The average molecular weight is 223 g/mol. The SMILES string of the molecule is CC(C)N(c1ccncc1[N+](=O)[O-])C(C)C. The molecule has 0 fully saturated rings. The van der Waals surface area contributed by atoms with Gasteiger partial charge in [0.15, 0.2) is 0 Å². The quantitative estimate of drug-likeness (QED) is 0.581. The van der Waals surface area contributed by atoms with Gasteiger partial charge in [0.05, 0.1) is 4.92 Å². The summed E-state index contributed by atoms with van der Waals surface area (Å²) in [7, 11) is 0. The first-order chi connectivity index (χ1) is 7.45. The molecule has 0 N–H and O–H groups in total. The van der Waals surface area contributed by atoms with E-state index >= 15 is 0 Å². The number of hydrogen-bond donors (Lipinski definition) is 0. The first kappa shape index (κ1) is 12.4. The highest BCUT2D eigenvalue weighted by Crippen LogP contribution is 2.29. The van der Waals surface area contributed by atoms with Crippen LogP contribution in [0.3, 0.4) is 0 Å². The van der Waals surface area contributed by atoms with Gasteiger partial charge in [0.25, 0.3) is 0 Å². The highest BCUT2D eigenvalue weighted by molar-refractivity contribution is 5.62. The van der Waals surface area contributed by atoms with Gasteiger partial charge in [-0.3, -0.25) is 15.1 Å². The van der Waals surface area contributed by atoms with Crippen molar-refractivity contribution in [3.63, 3.8) is 0 Å². The maximum Gasteiger partial charge on any atom is 0.310 e. The monoisotopic (exact) mass is 223 g/mol. The Kier molecular flexibility index (Phi) is 3.82. The van der Waals surface area contributed by atoms with Crippen LogP contribution < -0.4 is 4.90 Å². The Morgan fingerprint density at radius 2 is 1.88 bits per heavy atom. The van der Waals surface area contributed by atoms with Crippen LogP contribution in [0.5, 0.6) is 0 Å². The van der Waals surface area contributed by atoms with E-state index in [2.05, 4.69) is 4.98 Å². The van der Waals surface area contributed by atoms with Gasteiger partial charge in [0, 0.05) is 18.3 Å². The molecule has 0 saturated heterocycles. The van der Waals surface area contributed by atoms with Crippen LogP contribution in [-0.4, -0.2) is 22.0 Å². The Morgan fingerprint density at radius 3 is 2.31 bits per heavy atom. The van der Waals surface area contributed by atoms with Crippen LogP contribution in [0.25, 0.3) is 0 Å². The summed E-state index contributed by atoms with van der Waals surface area (Å²) in [5.74, 6) is 0. The third-order valence-corrected chi connectivity index (χ3v) is 2.37. The fourth-order valence-corrected chi connectivity index (χ4v) is 1.89.